The highest BCUT2D eigenvalue weighted by molar-refractivity contribution is 6.30. The molecule has 1 heterocycles. The molecule has 0 saturated carbocycles. The monoisotopic (exact) mass is 255 g/mol. The number of hydrogen-bond acceptors (Lipinski definition) is 1. The highest BCUT2D eigenvalue weighted by atomic mass is 35.5. The van der Waals surface area contributed by atoms with Gasteiger partial charge in [0, 0.05) is 23.3 Å². The highest BCUT2D eigenvalue weighted by Gasteiger charge is 2.13. The molecule has 0 bridgehead atoms. The van der Waals surface area contributed by atoms with Crippen LogP contribution >= 0.6 is 11.6 Å². The number of halogens is 1. The van der Waals surface area contributed by atoms with Gasteiger partial charge < -0.3 is 0 Å². The molecule has 0 amide bonds. The van der Waals surface area contributed by atoms with Crippen LogP contribution in [0.5, 0.6) is 0 Å². The van der Waals surface area contributed by atoms with Crippen molar-refractivity contribution in [3.05, 3.63) is 63.9 Å². The third kappa shape index (κ3) is 2.55. The van der Waals surface area contributed by atoms with E-state index < -0.39 is 0 Å². The molecule has 2 heteroatoms. The van der Waals surface area contributed by atoms with Crippen LogP contribution in [-0.2, 0) is 19.3 Å². The summed E-state index contributed by atoms with van der Waals surface area (Å²) < 4.78 is 0. The van der Waals surface area contributed by atoms with Crippen molar-refractivity contribution in [3.8, 4) is 12.8 Å². The van der Waals surface area contributed by atoms with E-state index in [0.717, 1.165) is 24.3 Å². The van der Waals surface area contributed by atoms with E-state index in [0.29, 0.717) is 0 Å². The minimum atomic E-state index is 0.831. The Kier molecular flexibility index (Phi) is 4.02. The lowest BCUT2D eigenvalue weighted by molar-refractivity contribution is 0.952. The number of hydrogen-bond donors (Lipinski definition) is 0. The van der Waals surface area contributed by atoms with Crippen LogP contribution in [0.1, 0.15) is 22.4 Å². The van der Waals surface area contributed by atoms with Gasteiger partial charge in [0.15, 0.2) is 0 Å². The molecule has 0 saturated heterocycles. The van der Waals surface area contributed by atoms with Gasteiger partial charge in [0.05, 0.1) is 0 Å². The summed E-state index contributed by atoms with van der Waals surface area (Å²) in [6.07, 6.45) is 12.9. The van der Waals surface area contributed by atoms with Gasteiger partial charge in [-0.15, -0.1) is 12.8 Å². The van der Waals surface area contributed by atoms with Crippen LogP contribution in [0.25, 0.3) is 0 Å². The van der Waals surface area contributed by atoms with Crippen LogP contribution in [0.4, 0.5) is 0 Å². The Bertz CT molecular complexity index is 572. The van der Waals surface area contributed by atoms with Gasteiger partial charge in [-0.3, -0.25) is 4.98 Å². The number of aryl methyl sites for hydroxylation is 2. The maximum absolute atomic E-state index is 6.03. The molecule has 0 spiro atoms. The molecule has 1 aromatic heterocycles. The second kappa shape index (κ2) is 5.71. The lowest BCUT2D eigenvalue weighted by Crippen LogP contribution is -1.95. The number of benzene rings is 1. The van der Waals surface area contributed by atoms with Crippen molar-refractivity contribution in [2.45, 2.75) is 19.3 Å². The standard InChI is InChI=1S/C14H12ClN.C2H2/c15-13-6-5-12-9-14-10(2-1-7-16-14)3-4-11(12)8-13;1-2/h1-2,5-8H,3-4,9H2;1-2H. The molecule has 1 aromatic carbocycles. The third-order valence-electron chi connectivity index (χ3n) is 3.17. The van der Waals surface area contributed by atoms with Crippen LogP contribution in [0.15, 0.2) is 36.5 Å². The quantitative estimate of drug-likeness (QED) is 0.655. The van der Waals surface area contributed by atoms with Gasteiger partial charge in [0.2, 0.25) is 0 Å². The van der Waals surface area contributed by atoms with Crippen molar-refractivity contribution in [1.82, 2.24) is 4.98 Å². The first kappa shape index (κ1) is 12.7. The number of rotatable bonds is 0. The molecule has 1 aliphatic carbocycles. The smallest absolute Gasteiger partial charge is 0.0479 e. The summed E-state index contributed by atoms with van der Waals surface area (Å²) in [6.45, 7) is 0. The summed E-state index contributed by atoms with van der Waals surface area (Å²) in [7, 11) is 0. The molecule has 2 aromatic rings. The van der Waals surface area contributed by atoms with Crippen molar-refractivity contribution in [2.75, 3.05) is 0 Å². The highest BCUT2D eigenvalue weighted by Crippen LogP contribution is 2.25. The van der Waals surface area contributed by atoms with Gasteiger partial charge in [-0.05, 0) is 47.7 Å². The average molecular weight is 256 g/mol. The van der Waals surface area contributed by atoms with Crippen molar-refractivity contribution >= 4 is 11.6 Å². The van der Waals surface area contributed by atoms with E-state index in [-0.39, 0.29) is 0 Å². The van der Waals surface area contributed by atoms with Crippen LogP contribution in [-0.4, -0.2) is 4.98 Å². The Hall–Kier alpha value is -1.78. The van der Waals surface area contributed by atoms with E-state index in [2.05, 4.69) is 36.0 Å². The fraction of sp³-hybridized carbons (Fsp3) is 0.188. The van der Waals surface area contributed by atoms with Crippen molar-refractivity contribution in [2.24, 2.45) is 0 Å². The van der Waals surface area contributed by atoms with E-state index in [1.807, 2.05) is 18.3 Å². The molecule has 1 nitrogen and oxygen atoms in total. The van der Waals surface area contributed by atoms with Gasteiger partial charge in [-0.25, -0.2) is 0 Å². The maximum Gasteiger partial charge on any atom is 0.0479 e. The Morgan fingerprint density at radius 2 is 1.78 bits per heavy atom. The molecular formula is C16H14ClN. The van der Waals surface area contributed by atoms with Crippen LogP contribution < -0.4 is 0 Å². The summed E-state index contributed by atoms with van der Waals surface area (Å²) in [4.78, 5) is 4.47. The van der Waals surface area contributed by atoms with E-state index in [4.69, 9.17) is 11.6 Å². The van der Waals surface area contributed by atoms with Gasteiger partial charge in [-0.1, -0.05) is 23.7 Å². The summed E-state index contributed by atoms with van der Waals surface area (Å²) in [5.41, 5.74) is 5.31. The largest absolute Gasteiger partial charge is 0.261 e. The first-order valence-corrected chi connectivity index (χ1v) is 6.24. The van der Waals surface area contributed by atoms with Gasteiger partial charge >= 0.3 is 0 Å². The van der Waals surface area contributed by atoms with E-state index in [1.165, 1.54) is 22.4 Å². The number of pyridine rings is 1. The van der Waals surface area contributed by atoms with E-state index >= 15 is 0 Å². The van der Waals surface area contributed by atoms with Gasteiger partial charge in [0.1, 0.15) is 0 Å². The zero-order chi connectivity index (χ0) is 13.0. The molecule has 0 unspecified atom stereocenters. The summed E-state index contributed by atoms with van der Waals surface area (Å²) >= 11 is 6.03. The Morgan fingerprint density at radius 3 is 2.61 bits per heavy atom. The predicted molar refractivity (Wildman–Crippen MR) is 75.8 cm³/mol. The topological polar surface area (TPSA) is 12.9 Å². The van der Waals surface area contributed by atoms with Crippen LogP contribution in [0.3, 0.4) is 0 Å². The fourth-order valence-electron chi connectivity index (χ4n) is 2.31. The molecule has 0 N–H and O–H groups in total. The zero-order valence-electron chi connectivity index (χ0n) is 10.1. The van der Waals surface area contributed by atoms with Crippen molar-refractivity contribution < 1.29 is 0 Å². The molecule has 0 atom stereocenters. The van der Waals surface area contributed by atoms with Crippen LogP contribution in [0, 0.1) is 12.8 Å². The Balaban J connectivity index is 0.000000574. The zero-order valence-corrected chi connectivity index (χ0v) is 10.8. The normalized spacial score (nSPS) is 12.4. The van der Waals surface area contributed by atoms with E-state index in [1.54, 1.807) is 0 Å². The van der Waals surface area contributed by atoms with Gasteiger partial charge in [0.25, 0.3) is 0 Å². The van der Waals surface area contributed by atoms with Crippen molar-refractivity contribution in [3.63, 3.8) is 0 Å². The Morgan fingerprint density at radius 1 is 1.00 bits per heavy atom. The molecule has 0 aliphatic heterocycles. The maximum atomic E-state index is 6.03. The summed E-state index contributed by atoms with van der Waals surface area (Å²) in [5, 5.41) is 0.831. The van der Waals surface area contributed by atoms with Gasteiger partial charge in [-0.2, -0.15) is 0 Å². The Labute approximate surface area is 113 Å². The molecule has 18 heavy (non-hydrogen) atoms. The molecule has 3 rings (SSSR count). The lowest BCUT2D eigenvalue weighted by atomic mass is 10.0. The minimum Gasteiger partial charge on any atom is -0.261 e. The molecule has 0 radical (unpaired) electrons. The third-order valence-corrected chi connectivity index (χ3v) is 3.41. The second-order valence-electron chi connectivity index (χ2n) is 4.20. The first-order chi connectivity index (χ1) is 8.83. The fourth-order valence-corrected chi connectivity index (χ4v) is 2.50. The second-order valence-corrected chi connectivity index (χ2v) is 4.64. The minimum absolute atomic E-state index is 0.831. The lowest BCUT2D eigenvalue weighted by Gasteiger charge is -2.05. The average Bonchev–Trinajstić information content (AvgIpc) is 2.60. The molecule has 0 fully saturated rings. The van der Waals surface area contributed by atoms with Crippen LogP contribution in [0.2, 0.25) is 5.02 Å². The first-order valence-electron chi connectivity index (χ1n) is 5.86. The number of aromatic nitrogens is 1. The predicted octanol–water partition coefficient (Wildman–Crippen LogP) is 3.67. The summed E-state index contributed by atoms with van der Waals surface area (Å²) in [6, 6.07) is 10.4. The number of fused-ring (bicyclic) bond motifs is 2. The SMILES string of the molecule is C#C.Clc1ccc2c(c1)CCc1cccnc1C2. The number of terminal acetylenes is 1. The molecular weight excluding hydrogens is 242 g/mol. The van der Waals surface area contributed by atoms with E-state index in [9.17, 15) is 0 Å². The molecule has 90 valence electrons. The summed E-state index contributed by atoms with van der Waals surface area (Å²) in [5.74, 6) is 0. The molecule has 1 aliphatic rings. The number of nitrogens with zero attached hydrogens (tertiary/aromatic N) is 1. The van der Waals surface area contributed by atoms with Crippen molar-refractivity contribution in [1.29, 1.82) is 0 Å².